The zero-order valence-electron chi connectivity index (χ0n) is 12.1. The number of rotatable bonds is 4. The number of carbonyl (C=O) groups excluding carboxylic acids is 1. The summed E-state index contributed by atoms with van der Waals surface area (Å²) in [5.74, 6) is 0.0797. The van der Waals surface area contributed by atoms with E-state index in [-0.39, 0.29) is 11.9 Å². The lowest BCUT2D eigenvalue weighted by molar-refractivity contribution is 0.0705. The average Bonchev–Trinajstić information content (AvgIpc) is 2.29. The monoisotopic (exact) mass is 248 g/mol. The third-order valence-electron chi connectivity index (χ3n) is 3.19. The third-order valence-corrected chi connectivity index (χ3v) is 3.19. The van der Waals surface area contributed by atoms with Gasteiger partial charge >= 0.3 is 0 Å². The number of nitrogens with two attached hydrogens (primary N) is 1. The van der Waals surface area contributed by atoms with Gasteiger partial charge in [-0.05, 0) is 51.3 Å². The van der Waals surface area contributed by atoms with Gasteiger partial charge in [-0.25, -0.2) is 0 Å². The molecule has 1 aromatic carbocycles. The van der Waals surface area contributed by atoms with Crippen molar-refractivity contribution in [2.75, 3.05) is 12.3 Å². The molecule has 1 aromatic rings. The summed E-state index contributed by atoms with van der Waals surface area (Å²) in [5.41, 5.74) is 9.33. The Bertz CT molecular complexity index is 438. The van der Waals surface area contributed by atoms with Crippen LogP contribution in [0.25, 0.3) is 0 Å². The van der Waals surface area contributed by atoms with Crippen molar-refractivity contribution in [2.45, 2.75) is 47.1 Å². The van der Waals surface area contributed by atoms with E-state index in [1.54, 1.807) is 6.07 Å². The van der Waals surface area contributed by atoms with Crippen LogP contribution in [0, 0.1) is 13.8 Å². The highest BCUT2D eigenvalue weighted by atomic mass is 16.2. The molecule has 0 aromatic heterocycles. The molecule has 0 atom stereocenters. The van der Waals surface area contributed by atoms with Crippen molar-refractivity contribution in [1.29, 1.82) is 0 Å². The number of carbonyl (C=O) groups is 1. The number of hydrogen-bond donors (Lipinski definition) is 1. The van der Waals surface area contributed by atoms with Gasteiger partial charge in [0.25, 0.3) is 5.91 Å². The van der Waals surface area contributed by atoms with Gasteiger partial charge in [0.2, 0.25) is 0 Å². The van der Waals surface area contributed by atoms with Crippen molar-refractivity contribution < 1.29 is 4.79 Å². The van der Waals surface area contributed by atoms with Gasteiger partial charge in [-0.3, -0.25) is 4.79 Å². The van der Waals surface area contributed by atoms with E-state index in [0.29, 0.717) is 5.69 Å². The van der Waals surface area contributed by atoms with Crippen LogP contribution >= 0.6 is 0 Å². The van der Waals surface area contributed by atoms with Crippen LogP contribution in [0.15, 0.2) is 12.1 Å². The van der Waals surface area contributed by atoms with E-state index in [0.717, 1.165) is 29.7 Å². The molecule has 0 aliphatic carbocycles. The summed E-state index contributed by atoms with van der Waals surface area (Å²) in [6, 6.07) is 3.99. The molecule has 0 aliphatic rings. The van der Waals surface area contributed by atoms with E-state index in [9.17, 15) is 4.79 Å². The van der Waals surface area contributed by atoms with Gasteiger partial charge in [0.05, 0.1) is 0 Å². The molecule has 3 heteroatoms. The van der Waals surface area contributed by atoms with Gasteiger partial charge in [0, 0.05) is 23.8 Å². The molecular weight excluding hydrogens is 224 g/mol. The standard InChI is InChI=1S/C15H24N2O/c1-6-7-17(10(2)3)15(18)13-9-14(16)12(5)8-11(13)4/h8-10H,6-7,16H2,1-5H3. The van der Waals surface area contributed by atoms with Crippen LogP contribution in [-0.2, 0) is 0 Å². The Morgan fingerprint density at radius 2 is 1.89 bits per heavy atom. The minimum Gasteiger partial charge on any atom is -0.398 e. The van der Waals surface area contributed by atoms with E-state index < -0.39 is 0 Å². The molecule has 1 rings (SSSR count). The number of benzene rings is 1. The summed E-state index contributed by atoms with van der Waals surface area (Å²) in [4.78, 5) is 14.4. The first-order chi connectivity index (χ1) is 8.38. The van der Waals surface area contributed by atoms with Crippen molar-refractivity contribution in [3.05, 3.63) is 28.8 Å². The van der Waals surface area contributed by atoms with E-state index in [1.165, 1.54) is 0 Å². The first kappa shape index (κ1) is 14.6. The Labute approximate surface area is 110 Å². The lowest BCUT2D eigenvalue weighted by atomic mass is 10.0. The SMILES string of the molecule is CCCN(C(=O)c1cc(N)c(C)cc1C)C(C)C. The summed E-state index contributed by atoms with van der Waals surface area (Å²) < 4.78 is 0. The van der Waals surface area contributed by atoms with Gasteiger partial charge in [-0.1, -0.05) is 13.0 Å². The Hall–Kier alpha value is -1.51. The molecule has 0 aliphatic heterocycles. The van der Waals surface area contributed by atoms with Gasteiger partial charge in [0.15, 0.2) is 0 Å². The number of aryl methyl sites for hydroxylation is 2. The molecule has 18 heavy (non-hydrogen) atoms. The van der Waals surface area contributed by atoms with Crippen molar-refractivity contribution in [3.8, 4) is 0 Å². The predicted molar refractivity (Wildman–Crippen MR) is 76.8 cm³/mol. The van der Waals surface area contributed by atoms with E-state index in [4.69, 9.17) is 5.73 Å². The average molecular weight is 248 g/mol. The normalized spacial score (nSPS) is 10.8. The molecule has 0 unspecified atom stereocenters. The first-order valence-electron chi connectivity index (χ1n) is 6.56. The lowest BCUT2D eigenvalue weighted by Gasteiger charge is -2.27. The Balaban J connectivity index is 3.12. The molecule has 2 N–H and O–H groups in total. The van der Waals surface area contributed by atoms with E-state index >= 15 is 0 Å². The second-order valence-electron chi connectivity index (χ2n) is 5.12. The van der Waals surface area contributed by atoms with Crippen molar-refractivity contribution in [3.63, 3.8) is 0 Å². The molecule has 0 saturated heterocycles. The second kappa shape index (κ2) is 5.89. The largest absolute Gasteiger partial charge is 0.398 e. The first-order valence-corrected chi connectivity index (χ1v) is 6.56. The van der Waals surface area contributed by atoms with Crippen LogP contribution in [0.3, 0.4) is 0 Å². The third kappa shape index (κ3) is 3.03. The lowest BCUT2D eigenvalue weighted by Crippen LogP contribution is -2.37. The molecular formula is C15H24N2O. The Morgan fingerprint density at radius 1 is 1.28 bits per heavy atom. The molecule has 0 heterocycles. The van der Waals surface area contributed by atoms with Gasteiger partial charge in [-0.15, -0.1) is 0 Å². The molecule has 0 fully saturated rings. The van der Waals surface area contributed by atoms with Crippen molar-refractivity contribution in [1.82, 2.24) is 4.90 Å². The molecule has 0 spiro atoms. The minimum atomic E-state index is 0.0797. The summed E-state index contributed by atoms with van der Waals surface area (Å²) in [7, 11) is 0. The minimum absolute atomic E-state index is 0.0797. The van der Waals surface area contributed by atoms with Crippen LogP contribution < -0.4 is 5.73 Å². The van der Waals surface area contributed by atoms with Crippen LogP contribution in [0.5, 0.6) is 0 Å². The van der Waals surface area contributed by atoms with Gasteiger partial charge in [-0.2, -0.15) is 0 Å². The molecule has 100 valence electrons. The topological polar surface area (TPSA) is 46.3 Å². The number of anilines is 1. The van der Waals surface area contributed by atoms with Crippen LogP contribution in [-0.4, -0.2) is 23.4 Å². The maximum atomic E-state index is 12.5. The summed E-state index contributed by atoms with van der Waals surface area (Å²) in [5, 5.41) is 0. The van der Waals surface area contributed by atoms with E-state index in [1.807, 2.05) is 38.7 Å². The fourth-order valence-electron chi connectivity index (χ4n) is 2.09. The smallest absolute Gasteiger partial charge is 0.254 e. The highest BCUT2D eigenvalue weighted by Crippen LogP contribution is 2.20. The van der Waals surface area contributed by atoms with Gasteiger partial charge in [0.1, 0.15) is 0 Å². The Morgan fingerprint density at radius 3 is 2.39 bits per heavy atom. The highest BCUT2D eigenvalue weighted by molar-refractivity contribution is 5.97. The maximum absolute atomic E-state index is 12.5. The van der Waals surface area contributed by atoms with Crippen molar-refractivity contribution >= 4 is 11.6 Å². The summed E-state index contributed by atoms with van der Waals surface area (Å²) in [6.07, 6.45) is 0.963. The van der Waals surface area contributed by atoms with E-state index in [2.05, 4.69) is 6.92 Å². The predicted octanol–water partition coefficient (Wildman–Crippen LogP) is 3.15. The number of hydrogen-bond acceptors (Lipinski definition) is 2. The Kier molecular flexibility index (Phi) is 4.76. The fraction of sp³-hybridized carbons (Fsp3) is 0.533. The summed E-state index contributed by atoms with van der Waals surface area (Å²) in [6.45, 7) is 10.9. The summed E-state index contributed by atoms with van der Waals surface area (Å²) >= 11 is 0. The highest BCUT2D eigenvalue weighted by Gasteiger charge is 2.20. The second-order valence-corrected chi connectivity index (χ2v) is 5.12. The van der Waals surface area contributed by atoms with Crippen LogP contribution in [0.1, 0.15) is 48.7 Å². The quantitative estimate of drug-likeness (QED) is 0.832. The molecule has 1 amide bonds. The molecule has 0 saturated carbocycles. The number of nitrogen functional groups attached to an aromatic ring is 1. The van der Waals surface area contributed by atoms with Gasteiger partial charge < -0.3 is 10.6 Å². The molecule has 0 radical (unpaired) electrons. The fourth-order valence-corrected chi connectivity index (χ4v) is 2.09. The maximum Gasteiger partial charge on any atom is 0.254 e. The number of amides is 1. The number of nitrogens with zero attached hydrogens (tertiary/aromatic N) is 1. The zero-order valence-corrected chi connectivity index (χ0v) is 12.1. The van der Waals surface area contributed by atoms with Crippen LogP contribution in [0.4, 0.5) is 5.69 Å². The molecule has 3 nitrogen and oxygen atoms in total. The molecule has 0 bridgehead atoms. The van der Waals surface area contributed by atoms with Crippen molar-refractivity contribution in [2.24, 2.45) is 0 Å². The zero-order chi connectivity index (χ0) is 13.9. The van der Waals surface area contributed by atoms with Crippen LogP contribution in [0.2, 0.25) is 0 Å².